The average Bonchev–Trinajstić information content (AvgIpc) is 2.85. The molecule has 0 radical (unpaired) electrons. The minimum absolute atomic E-state index is 0.0530. The molecule has 1 aliphatic rings. The number of rotatable bonds is 7. The summed E-state index contributed by atoms with van der Waals surface area (Å²) in [6.07, 6.45) is 0.567. The lowest BCUT2D eigenvalue weighted by Gasteiger charge is -2.33. The molecule has 2 N–H and O–H groups in total. The number of carbonyl (C=O) groups is 3. The Hall–Kier alpha value is -3.39. The van der Waals surface area contributed by atoms with Gasteiger partial charge in [0.25, 0.3) is 5.91 Å². The summed E-state index contributed by atoms with van der Waals surface area (Å²) in [5.41, 5.74) is 0.360. The van der Waals surface area contributed by atoms with E-state index in [1.54, 1.807) is 45.0 Å². The highest BCUT2D eigenvalue weighted by Crippen LogP contribution is 2.24. The standard InChI is InChI=1S/C27H35N3O5/c1-27(2,3)35-26(33)30(25(32)20-14-16-28-17-15-20)18-22(19-10-6-5-7-11-19)29-24(31)21-12-8-9-13-23(21)34-4/h5-13,20,22,28H,14-18H2,1-4H3,(H,29,31)/t22-/m0/s1. The fourth-order valence-electron chi connectivity index (χ4n) is 4.03. The maximum atomic E-state index is 13.5. The van der Waals surface area contributed by atoms with Crippen molar-refractivity contribution in [3.05, 3.63) is 65.7 Å². The van der Waals surface area contributed by atoms with Crippen LogP contribution in [-0.2, 0) is 9.53 Å². The van der Waals surface area contributed by atoms with Gasteiger partial charge in [0.15, 0.2) is 0 Å². The first kappa shape index (κ1) is 26.2. The van der Waals surface area contributed by atoms with Crippen molar-refractivity contribution in [2.45, 2.75) is 45.3 Å². The Bertz CT molecular complexity index is 1010. The molecule has 0 bridgehead atoms. The van der Waals surface area contributed by atoms with Crippen LogP contribution in [0.3, 0.4) is 0 Å². The number of imide groups is 1. The van der Waals surface area contributed by atoms with Gasteiger partial charge in [-0.25, -0.2) is 9.69 Å². The lowest BCUT2D eigenvalue weighted by atomic mass is 9.96. The van der Waals surface area contributed by atoms with Gasteiger partial charge in [0.2, 0.25) is 5.91 Å². The van der Waals surface area contributed by atoms with Crippen molar-refractivity contribution >= 4 is 17.9 Å². The van der Waals surface area contributed by atoms with Gasteiger partial charge in [0.1, 0.15) is 11.4 Å². The van der Waals surface area contributed by atoms with E-state index in [0.29, 0.717) is 37.2 Å². The Morgan fingerprint density at radius 2 is 1.66 bits per heavy atom. The molecule has 0 saturated carbocycles. The first-order valence-corrected chi connectivity index (χ1v) is 11.9. The van der Waals surface area contributed by atoms with E-state index in [1.807, 2.05) is 30.3 Å². The van der Waals surface area contributed by atoms with E-state index in [2.05, 4.69) is 10.6 Å². The number of piperidine rings is 1. The summed E-state index contributed by atoms with van der Waals surface area (Å²) in [6, 6.07) is 15.6. The summed E-state index contributed by atoms with van der Waals surface area (Å²) in [5, 5.41) is 6.24. The van der Waals surface area contributed by atoms with Gasteiger partial charge in [-0.05, 0) is 64.4 Å². The third-order valence-electron chi connectivity index (χ3n) is 5.79. The van der Waals surface area contributed by atoms with Gasteiger partial charge in [-0.3, -0.25) is 9.59 Å². The van der Waals surface area contributed by atoms with Crippen LogP contribution in [0, 0.1) is 5.92 Å². The second-order valence-electron chi connectivity index (χ2n) is 9.59. The Balaban J connectivity index is 1.92. The lowest BCUT2D eigenvalue weighted by Crippen LogP contribution is -2.49. The third-order valence-corrected chi connectivity index (χ3v) is 5.79. The molecular formula is C27H35N3O5. The molecule has 1 atom stereocenters. The van der Waals surface area contributed by atoms with Crippen LogP contribution in [0.15, 0.2) is 54.6 Å². The first-order chi connectivity index (χ1) is 16.7. The largest absolute Gasteiger partial charge is 0.496 e. The van der Waals surface area contributed by atoms with Gasteiger partial charge in [0, 0.05) is 5.92 Å². The van der Waals surface area contributed by atoms with Gasteiger partial charge in [-0.1, -0.05) is 42.5 Å². The number of hydrogen-bond acceptors (Lipinski definition) is 6. The summed E-state index contributed by atoms with van der Waals surface area (Å²) >= 11 is 0. The summed E-state index contributed by atoms with van der Waals surface area (Å²) in [5.74, 6) is -0.500. The Kier molecular flexibility index (Phi) is 8.87. The number of carbonyl (C=O) groups excluding carboxylic acids is 3. The van der Waals surface area contributed by atoms with E-state index in [-0.39, 0.29) is 24.3 Å². The SMILES string of the molecule is COc1ccccc1C(=O)N[C@@H](CN(C(=O)OC(C)(C)C)C(=O)C1CCNCC1)c1ccccc1. The molecule has 1 heterocycles. The summed E-state index contributed by atoms with van der Waals surface area (Å²) < 4.78 is 10.9. The molecule has 8 nitrogen and oxygen atoms in total. The highest BCUT2D eigenvalue weighted by molar-refractivity contribution is 5.97. The molecule has 0 aromatic heterocycles. The summed E-state index contributed by atoms with van der Waals surface area (Å²) in [7, 11) is 1.50. The molecule has 0 spiro atoms. The van der Waals surface area contributed by atoms with E-state index in [4.69, 9.17) is 9.47 Å². The van der Waals surface area contributed by atoms with Crippen molar-refractivity contribution in [2.75, 3.05) is 26.7 Å². The van der Waals surface area contributed by atoms with Crippen LogP contribution in [-0.4, -0.2) is 55.2 Å². The molecule has 0 unspecified atom stereocenters. The fraction of sp³-hybridized carbons (Fsp3) is 0.444. The van der Waals surface area contributed by atoms with Crippen molar-refractivity contribution in [1.82, 2.24) is 15.5 Å². The van der Waals surface area contributed by atoms with Gasteiger partial charge in [0.05, 0.1) is 25.3 Å². The Morgan fingerprint density at radius 3 is 2.29 bits per heavy atom. The highest BCUT2D eigenvalue weighted by Gasteiger charge is 2.35. The average molecular weight is 482 g/mol. The minimum Gasteiger partial charge on any atom is -0.496 e. The van der Waals surface area contributed by atoms with Gasteiger partial charge in [-0.15, -0.1) is 0 Å². The van der Waals surface area contributed by atoms with Gasteiger partial charge in [-0.2, -0.15) is 0 Å². The van der Waals surface area contributed by atoms with E-state index < -0.39 is 17.7 Å². The highest BCUT2D eigenvalue weighted by atomic mass is 16.6. The monoisotopic (exact) mass is 481 g/mol. The van der Waals surface area contributed by atoms with E-state index in [9.17, 15) is 14.4 Å². The topological polar surface area (TPSA) is 97.0 Å². The second-order valence-corrected chi connectivity index (χ2v) is 9.59. The zero-order chi connectivity index (χ0) is 25.4. The molecule has 0 aliphatic carbocycles. The zero-order valence-electron chi connectivity index (χ0n) is 20.9. The van der Waals surface area contributed by atoms with E-state index in [0.717, 1.165) is 10.5 Å². The van der Waals surface area contributed by atoms with Gasteiger partial charge >= 0.3 is 6.09 Å². The Morgan fingerprint density at radius 1 is 1.03 bits per heavy atom. The second kappa shape index (κ2) is 11.8. The Labute approximate surface area is 207 Å². The smallest absolute Gasteiger partial charge is 0.417 e. The molecule has 2 aromatic carbocycles. The van der Waals surface area contributed by atoms with Crippen LogP contribution in [0.5, 0.6) is 5.75 Å². The molecule has 188 valence electrons. The van der Waals surface area contributed by atoms with Crippen LogP contribution in [0.4, 0.5) is 4.79 Å². The number of hydrogen-bond donors (Lipinski definition) is 2. The number of benzene rings is 2. The predicted octanol–water partition coefficient (Wildman–Crippen LogP) is 3.93. The van der Waals surface area contributed by atoms with E-state index in [1.165, 1.54) is 7.11 Å². The molecule has 3 rings (SSSR count). The number of nitrogens with zero attached hydrogens (tertiary/aromatic N) is 1. The molecule has 3 amide bonds. The van der Waals surface area contributed by atoms with Crippen LogP contribution < -0.4 is 15.4 Å². The normalized spacial score (nSPS) is 15.1. The van der Waals surface area contributed by atoms with Crippen molar-refractivity contribution in [1.29, 1.82) is 0 Å². The molecule has 1 saturated heterocycles. The molecule has 1 fully saturated rings. The van der Waals surface area contributed by atoms with Crippen molar-refractivity contribution in [2.24, 2.45) is 5.92 Å². The van der Waals surface area contributed by atoms with Crippen molar-refractivity contribution in [3.63, 3.8) is 0 Å². The van der Waals surface area contributed by atoms with Crippen LogP contribution in [0.2, 0.25) is 0 Å². The number of amides is 3. The minimum atomic E-state index is -0.771. The molecule has 1 aliphatic heterocycles. The zero-order valence-corrected chi connectivity index (χ0v) is 20.9. The van der Waals surface area contributed by atoms with Crippen molar-refractivity contribution < 1.29 is 23.9 Å². The third kappa shape index (κ3) is 7.29. The van der Waals surface area contributed by atoms with Crippen LogP contribution in [0.1, 0.15) is 55.6 Å². The number of nitrogens with one attached hydrogen (secondary N) is 2. The molecule has 35 heavy (non-hydrogen) atoms. The fourth-order valence-corrected chi connectivity index (χ4v) is 4.03. The van der Waals surface area contributed by atoms with Crippen molar-refractivity contribution in [3.8, 4) is 5.75 Å². The molecule has 8 heteroatoms. The number of ether oxygens (including phenoxy) is 2. The first-order valence-electron chi connectivity index (χ1n) is 11.9. The quantitative estimate of drug-likeness (QED) is 0.622. The van der Waals surface area contributed by atoms with Crippen LogP contribution >= 0.6 is 0 Å². The summed E-state index contributed by atoms with van der Waals surface area (Å²) in [6.45, 7) is 6.65. The predicted molar refractivity (Wildman–Crippen MR) is 133 cm³/mol. The summed E-state index contributed by atoms with van der Waals surface area (Å²) in [4.78, 5) is 41.1. The lowest BCUT2D eigenvalue weighted by molar-refractivity contribution is -0.135. The maximum Gasteiger partial charge on any atom is 0.417 e. The molecular weight excluding hydrogens is 446 g/mol. The van der Waals surface area contributed by atoms with Gasteiger partial charge < -0.3 is 20.1 Å². The van der Waals surface area contributed by atoms with Crippen LogP contribution in [0.25, 0.3) is 0 Å². The number of para-hydroxylation sites is 1. The van der Waals surface area contributed by atoms with E-state index >= 15 is 0 Å². The molecule has 2 aromatic rings. The number of methoxy groups -OCH3 is 1. The maximum absolute atomic E-state index is 13.5.